The van der Waals surface area contributed by atoms with Gasteiger partial charge in [0.1, 0.15) is 5.75 Å². The average Bonchev–Trinajstić information content (AvgIpc) is 3.24. The first-order valence-electron chi connectivity index (χ1n) is 11.2. The van der Waals surface area contributed by atoms with Gasteiger partial charge in [0.05, 0.1) is 30.9 Å². The van der Waals surface area contributed by atoms with E-state index in [1.807, 2.05) is 6.92 Å². The number of ether oxygens (including phenoxy) is 3. The monoisotopic (exact) mass is 502 g/mol. The van der Waals surface area contributed by atoms with Gasteiger partial charge in [-0.05, 0) is 48.9 Å². The summed E-state index contributed by atoms with van der Waals surface area (Å²) in [6.07, 6.45) is 1.67. The van der Waals surface area contributed by atoms with Gasteiger partial charge >= 0.3 is 11.9 Å². The van der Waals surface area contributed by atoms with Gasteiger partial charge in [0.2, 0.25) is 5.91 Å². The second kappa shape index (κ2) is 12.2. The molecule has 1 N–H and O–H groups in total. The molecule has 2 aromatic carbocycles. The van der Waals surface area contributed by atoms with Crippen molar-refractivity contribution in [1.82, 2.24) is 0 Å². The third-order valence-corrected chi connectivity index (χ3v) is 5.61. The Morgan fingerprint density at radius 1 is 1.11 bits per heavy atom. The molecule has 1 aliphatic rings. The summed E-state index contributed by atoms with van der Waals surface area (Å²) in [6.45, 7) is 1.94. The summed E-state index contributed by atoms with van der Waals surface area (Å²) >= 11 is 6.05. The molecule has 1 fully saturated rings. The largest absolute Gasteiger partial charge is 0.495 e. The smallest absolute Gasteiger partial charge is 0.338 e. The zero-order valence-corrected chi connectivity index (χ0v) is 20.3. The number of methoxy groups -OCH3 is 1. The van der Waals surface area contributed by atoms with Crippen molar-refractivity contribution in [2.75, 3.05) is 37.1 Å². The van der Waals surface area contributed by atoms with E-state index < -0.39 is 30.4 Å². The molecule has 0 unspecified atom stereocenters. The number of benzene rings is 2. The van der Waals surface area contributed by atoms with Gasteiger partial charge in [-0.3, -0.25) is 14.4 Å². The Balaban J connectivity index is 1.49. The van der Waals surface area contributed by atoms with Crippen molar-refractivity contribution in [1.29, 1.82) is 0 Å². The van der Waals surface area contributed by atoms with E-state index >= 15 is 0 Å². The van der Waals surface area contributed by atoms with Crippen molar-refractivity contribution < 1.29 is 33.4 Å². The molecule has 1 heterocycles. The van der Waals surface area contributed by atoms with E-state index in [1.54, 1.807) is 42.5 Å². The zero-order valence-electron chi connectivity index (χ0n) is 19.5. The number of esters is 2. The Labute approximate surface area is 208 Å². The number of nitrogens with zero attached hydrogens (tertiary/aromatic N) is 1. The number of rotatable bonds is 10. The molecule has 1 atom stereocenters. The Bertz CT molecular complexity index is 1090. The summed E-state index contributed by atoms with van der Waals surface area (Å²) in [5.41, 5.74) is 1.28. The van der Waals surface area contributed by atoms with Crippen LogP contribution >= 0.6 is 11.6 Å². The van der Waals surface area contributed by atoms with Crippen molar-refractivity contribution in [2.24, 2.45) is 5.92 Å². The Kier molecular flexibility index (Phi) is 9.08. The van der Waals surface area contributed by atoms with Gasteiger partial charge in [-0.15, -0.1) is 0 Å². The van der Waals surface area contributed by atoms with Crippen LogP contribution < -0.4 is 15.0 Å². The summed E-state index contributed by atoms with van der Waals surface area (Å²) in [5.74, 6) is -2.17. The van der Waals surface area contributed by atoms with E-state index in [-0.39, 0.29) is 18.9 Å². The summed E-state index contributed by atoms with van der Waals surface area (Å²) in [4.78, 5) is 50.6. The molecule has 2 aromatic rings. The maximum atomic E-state index is 12.5. The highest BCUT2D eigenvalue weighted by molar-refractivity contribution is 6.31. The molecule has 0 aliphatic carbocycles. The predicted molar refractivity (Wildman–Crippen MR) is 130 cm³/mol. The molecule has 0 aromatic heterocycles. The minimum Gasteiger partial charge on any atom is -0.495 e. The van der Waals surface area contributed by atoms with Crippen LogP contribution in [0, 0.1) is 5.92 Å². The maximum Gasteiger partial charge on any atom is 0.338 e. The van der Waals surface area contributed by atoms with Crippen LogP contribution in [0.25, 0.3) is 0 Å². The molecule has 1 saturated heterocycles. The highest BCUT2D eigenvalue weighted by Gasteiger charge is 2.37. The van der Waals surface area contributed by atoms with Crippen molar-refractivity contribution in [2.45, 2.75) is 26.2 Å². The van der Waals surface area contributed by atoms with Crippen LogP contribution in [0.4, 0.5) is 11.4 Å². The summed E-state index contributed by atoms with van der Waals surface area (Å²) in [7, 11) is 1.48. The van der Waals surface area contributed by atoms with Gasteiger partial charge in [0.15, 0.2) is 6.61 Å². The fraction of sp³-hybridized carbons (Fsp3) is 0.360. The van der Waals surface area contributed by atoms with Gasteiger partial charge in [-0.1, -0.05) is 24.9 Å². The topological polar surface area (TPSA) is 111 Å². The highest BCUT2D eigenvalue weighted by Crippen LogP contribution is 2.35. The SMILES string of the molecule is CCCCOC(=O)c1ccc(NC(=O)COC(=O)[C@@H]2CC(=O)N(c3cc(Cl)ccc3OC)C2)cc1. The van der Waals surface area contributed by atoms with Crippen LogP contribution in [0.3, 0.4) is 0 Å². The molecular formula is C25H27ClN2O7. The summed E-state index contributed by atoms with van der Waals surface area (Å²) in [6, 6.07) is 11.1. The molecule has 0 bridgehead atoms. The zero-order chi connectivity index (χ0) is 25.4. The lowest BCUT2D eigenvalue weighted by atomic mass is 10.1. The van der Waals surface area contributed by atoms with E-state index in [1.165, 1.54) is 12.0 Å². The van der Waals surface area contributed by atoms with Crippen molar-refractivity contribution >= 4 is 46.7 Å². The molecule has 9 nitrogen and oxygen atoms in total. The normalized spacial score (nSPS) is 15.0. The lowest BCUT2D eigenvalue weighted by molar-refractivity contribution is -0.151. The molecule has 0 spiro atoms. The minimum atomic E-state index is -0.725. The van der Waals surface area contributed by atoms with Crippen molar-refractivity contribution in [3.63, 3.8) is 0 Å². The number of hydrogen-bond donors (Lipinski definition) is 1. The predicted octanol–water partition coefficient (Wildman–Crippen LogP) is 3.84. The first-order chi connectivity index (χ1) is 16.8. The van der Waals surface area contributed by atoms with Crippen LogP contribution in [0.1, 0.15) is 36.5 Å². The number of hydrogen-bond acceptors (Lipinski definition) is 7. The Hall–Kier alpha value is -3.59. The van der Waals surface area contributed by atoms with Gasteiger partial charge in [-0.2, -0.15) is 0 Å². The third kappa shape index (κ3) is 6.95. The minimum absolute atomic E-state index is 0.0497. The van der Waals surface area contributed by atoms with E-state index in [9.17, 15) is 19.2 Å². The van der Waals surface area contributed by atoms with Crippen LogP contribution in [0.5, 0.6) is 5.75 Å². The molecule has 10 heteroatoms. The van der Waals surface area contributed by atoms with Crippen molar-refractivity contribution in [3.05, 3.63) is 53.1 Å². The number of carbonyl (C=O) groups is 4. The Morgan fingerprint density at radius 2 is 1.86 bits per heavy atom. The average molecular weight is 503 g/mol. The Morgan fingerprint density at radius 3 is 2.54 bits per heavy atom. The number of unbranched alkanes of at least 4 members (excludes halogenated alkanes) is 1. The van der Waals surface area contributed by atoms with Gasteiger partial charge < -0.3 is 24.4 Å². The maximum absolute atomic E-state index is 12.5. The van der Waals surface area contributed by atoms with Gasteiger partial charge in [0.25, 0.3) is 5.91 Å². The second-order valence-corrected chi connectivity index (χ2v) is 8.38. The van der Waals surface area contributed by atoms with Gasteiger partial charge in [-0.25, -0.2) is 4.79 Å². The van der Waals surface area contributed by atoms with E-state index in [4.69, 9.17) is 25.8 Å². The molecule has 1 aliphatic heterocycles. The molecule has 186 valence electrons. The van der Waals surface area contributed by atoms with Crippen molar-refractivity contribution in [3.8, 4) is 5.75 Å². The molecule has 0 saturated carbocycles. The quantitative estimate of drug-likeness (QED) is 0.388. The second-order valence-electron chi connectivity index (χ2n) is 7.94. The third-order valence-electron chi connectivity index (χ3n) is 5.37. The number of nitrogens with one attached hydrogen (secondary N) is 1. The van der Waals surface area contributed by atoms with Crippen LogP contribution in [0.2, 0.25) is 5.02 Å². The lowest BCUT2D eigenvalue weighted by Gasteiger charge is -2.19. The number of amides is 2. The fourth-order valence-corrected chi connectivity index (χ4v) is 3.67. The number of carbonyl (C=O) groups excluding carboxylic acids is 4. The molecule has 35 heavy (non-hydrogen) atoms. The standard InChI is InChI=1S/C25H27ClN2O7/c1-3-4-11-34-24(31)16-5-8-19(9-6-16)27-22(29)15-35-25(32)17-12-23(30)28(14-17)20-13-18(26)7-10-21(20)33-2/h5-10,13,17H,3-4,11-12,14-15H2,1-2H3,(H,27,29)/t17-/m1/s1. The number of anilines is 2. The molecular weight excluding hydrogens is 476 g/mol. The number of halogens is 1. The van der Waals surface area contributed by atoms with E-state index in [0.717, 1.165) is 12.8 Å². The fourth-order valence-electron chi connectivity index (χ4n) is 3.51. The summed E-state index contributed by atoms with van der Waals surface area (Å²) in [5, 5.41) is 3.02. The first kappa shape index (κ1) is 26.0. The molecule has 0 radical (unpaired) electrons. The first-order valence-corrected chi connectivity index (χ1v) is 11.6. The van der Waals surface area contributed by atoms with Crippen LogP contribution in [-0.2, 0) is 23.9 Å². The van der Waals surface area contributed by atoms with Crippen LogP contribution in [0.15, 0.2) is 42.5 Å². The van der Waals surface area contributed by atoms with Gasteiger partial charge in [0, 0.05) is 23.7 Å². The van der Waals surface area contributed by atoms with E-state index in [2.05, 4.69) is 5.32 Å². The summed E-state index contributed by atoms with van der Waals surface area (Å²) < 4.78 is 15.6. The lowest BCUT2D eigenvalue weighted by Crippen LogP contribution is -2.28. The molecule has 3 rings (SSSR count). The van der Waals surface area contributed by atoms with Crippen LogP contribution in [-0.4, -0.2) is 50.6 Å². The highest BCUT2D eigenvalue weighted by atomic mass is 35.5. The van der Waals surface area contributed by atoms with E-state index in [0.29, 0.717) is 34.3 Å². The molecule has 2 amide bonds.